The highest BCUT2D eigenvalue weighted by molar-refractivity contribution is 7.11. The molecule has 0 radical (unpaired) electrons. The Balaban J connectivity index is 1.74. The Morgan fingerprint density at radius 3 is 2.72 bits per heavy atom. The molecule has 0 bridgehead atoms. The van der Waals surface area contributed by atoms with Gasteiger partial charge in [0.1, 0.15) is 0 Å². The Kier molecular flexibility index (Phi) is 5.63. The third-order valence-corrected chi connectivity index (χ3v) is 4.12. The number of thiophene rings is 1. The molecule has 0 saturated carbocycles. The third-order valence-electron chi connectivity index (χ3n) is 3.05. The molecule has 0 amide bonds. The van der Waals surface area contributed by atoms with Gasteiger partial charge in [0.15, 0.2) is 0 Å². The van der Waals surface area contributed by atoms with Gasteiger partial charge in [0, 0.05) is 35.9 Å². The molecule has 1 saturated heterocycles. The molecule has 0 aromatic carbocycles. The molecule has 1 aliphatic heterocycles. The molecule has 4 heteroatoms. The summed E-state index contributed by atoms with van der Waals surface area (Å²) in [6.07, 6.45) is 0. The lowest BCUT2D eigenvalue weighted by Gasteiger charge is -2.25. The van der Waals surface area contributed by atoms with Crippen LogP contribution in [0.3, 0.4) is 0 Å². The Bertz CT molecular complexity index is 345. The van der Waals surface area contributed by atoms with E-state index in [4.69, 9.17) is 4.74 Å². The van der Waals surface area contributed by atoms with Crippen molar-refractivity contribution in [3.8, 4) is 0 Å². The molecule has 1 aromatic rings. The predicted octanol–water partition coefficient (Wildman–Crippen LogP) is 2.33. The minimum atomic E-state index is 0.720. The summed E-state index contributed by atoms with van der Waals surface area (Å²) in [6.45, 7) is 11.6. The van der Waals surface area contributed by atoms with Crippen LogP contribution in [0.4, 0.5) is 0 Å². The van der Waals surface area contributed by atoms with Crippen molar-refractivity contribution in [3.63, 3.8) is 0 Å². The fourth-order valence-electron chi connectivity index (χ4n) is 2.07. The molecule has 1 fully saturated rings. The maximum Gasteiger partial charge on any atom is 0.0594 e. The van der Waals surface area contributed by atoms with E-state index in [-0.39, 0.29) is 0 Å². The Labute approximate surface area is 114 Å². The maximum absolute atomic E-state index is 5.37. The minimum Gasteiger partial charge on any atom is -0.379 e. The summed E-state index contributed by atoms with van der Waals surface area (Å²) >= 11 is 1.93. The smallest absolute Gasteiger partial charge is 0.0594 e. The molecule has 0 unspecified atom stereocenters. The Morgan fingerprint density at radius 2 is 2.00 bits per heavy atom. The van der Waals surface area contributed by atoms with E-state index in [1.807, 2.05) is 11.3 Å². The van der Waals surface area contributed by atoms with E-state index >= 15 is 0 Å². The van der Waals surface area contributed by atoms with Crippen molar-refractivity contribution in [3.05, 3.63) is 21.9 Å². The van der Waals surface area contributed by atoms with E-state index in [1.165, 1.54) is 9.75 Å². The van der Waals surface area contributed by atoms with Gasteiger partial charge in [0.2, 0.25) is 0 Å². The van der Waals surface area contributed by atoms with Crippen molar-refractivity contribution in [1.82, 2.24) is 10.2 Å². The van der Waals surface area contributed by atoms with Crippen LogP contribution in [0.15, 0.2) is 12.1 Å². The second kappa shape index (κ2) is 7.24. The van der Waals surface area contributed by atoms with E-state index in [2.05, 4.69) is 36.2 Å². The van der Waals surface area contributed by atoms with Gasteiger partial charge >= 0.3 is 0 Å². The highest BCUT2D eigenvalue weighted by atomic mass is 32.1. The van der Waals surface area contributed by atoms with Crippen molar-refractivity contribution in [2.75, 3.05) is 32.8 Å². The normalized spacial score (nSPS) is 17.5. The van der Waals surface area contributed by atoms with Gasteiger partial charge in [0.05, 0.1) is 13.2 Å². The van der Waals surface area contributed by atoms with Crippen molar-refractivity contribution in [2.24, 2.45) is 5.92 Å². The van der Waals surface area contributed by atoms with Crippen LogP contribution in [0, 0.1) is 5.92 Å². The van der Waals surface area contributed by atoms with Gasteiger partial charge in [0.25, 0.3) is 0 Å². The SMILES string of the molecule is CC(C)CNCc1ccc(CN2CCOCC2)s1. The molecule has 0 atom stereocenters. The third kappa shape index (κ3) is 4.69. The average molecular weight is 268 g/mol. The summed E-state index contributed by atoms with van der Waals surface area (Å²) in [7, 11) is 0. The van der Waals surface area contributed by atoms with E-state index < -0.39 is 0 Å². The molecule has 3 nitrogen and oxygen atoms in total. The van der Waals surface area contributed by atoms with Gasteiger partial charge in [-0.3, -0.25) is 4.90 Å². The summed E-state index contributed by atoms with van der Waals surface area (Å²) in [5.74, 6) is 0.720. The van der Waals surface area contributed by atoms with Crippen LogP contribution < -0.4 is 5.32 Å². The predicted molar refractivity (Wildman–Crippen MR) is 77.0 cm³/mol. The lowest BCUT2D eigenvalue weighted by molar-refractivity contribution is 0.0346. The fraction of sp³-hybridized carbons (Fsp3) is 0.714. The van der Waals surface area contributed by atoms with Crippen molar-refractivity contribution >= 4 is 11.3 Å². The molecule has 102 valence electrons. The molecule has 2 heterocycles. The van der Waals surface area contributed by atoms with Gasteiger partial charge in [-0.15, -0.1) is 11.3 Å². The highest BCUT2D eigenvalue weighted by Crippen LogP contribution is 2.18. The van der Waals surface area contributed by atoms with Gasteiger partial charge in [-0.05, 0) is 24.6 Å². The van der Waals surface area contributed by atoms with Crippen LogP contribution in [0.1, 0.15) is 23.6 Å². The van der Waals surface area contributed by atoms with E-state index in [1.54, 1.807) is 0 Å². The van der Waals surface area contributed by atoms with Crippen molar-refractivity contribution < 1.29 is 4.74 Å². The Morgan fingerprint density at radius 1 is 1.28 bits per heavy atom. The molecule has 1 aliphatic rings. The Hall–Kier alpha value is -0.420. The van der Waals surface area contributed by atoms with Crippen LogP contribution in [0.2, 0.25) is 0 Å². The summed E-state index contributed by atoms with van der Waals surface area (Å²) in [4.78, 5) is 5.39. The second-order valence-electron chi connectivity index (χ2n) is 5.28. The second-order valence-corrected chi connectivity index (χ2v) is 6.53. The number of morpholine rings is 1. The minimum absolute atomic E-state index is 0.720. The van der Waals surface area contributed by atoms with Crippen LogP contribution >= 0.6 is 11.3 Å². The fourth-order valence-corrected chi connectivity index (χ4v) is 3.10. The molecule has 1 N–H and O–H groups in total. The number of ether oxygens (including phenoxy) is 1. The first-order valence-electron chi connectivity index (χ1n) is 6.82. The van der Waals surface area contributed by atoms with Crippen LogP contribution in [0.5, 0.6) is 0 Å². The molecular weight excluding hydrogens is 244 g/mol. The van der Waals surface area contributed by atoms with Crippen molar-refractivity contribution in [1.29, 1.82) is 0 Å². The van der Waals surface area contributed by atoms with Gasteiger partial charge in [-0.2, -0.15) is 0 Å². The van der Waals surface area contributed by atoms with Crippen LogP contribution in [0.25, 0.3) is 0 Å². The van der Waals surface area contributed by atoms with Gasteiger partial charge in [-0.1, -0.05) is 13.8 Å². The number of hydrogen-bond acceptors (Lipinski definition) is 4. The molecular formula is C14H24N2OS. The quantitative estimate of drug-likeness (QED) is 0.857. The zero-order valence-corrected chi connectivity index (χ0v) is 12.3. The zero-order valence-electron chi connectivity index (χ0n) is 11.4. The van der Waals surface area contributed by atoms with E-state index in [9.17, 15) is 0 Å². The number of nitrogens with one attached hydrogen (secondary N) is 1. The number of nitrogens with zero attached hydrogens (tertiary/aromatic N) is 1. The standard InChI is InChI=1S/C14H24N2OS/c1-12(2)9-15-10-13-3-4-14(18-13)11-16-5-7-17-8-6-16/h3-4,12,15H,5-11H2,1-2H3. The number of hydrogen-bond donors (Lipinski definition) is 1. The lowest BCUT2D eigenvalue weighted by atomic mass is 10.2. The number of rotatable bonds is 6. The molecule has 2 rings (SSSR count). The summed E-state index contributed by atoms with van der Waals surface area (Å²) in [5.41, 5.74) is 0. The molecule has 0 spiro atoms. The van der Waals surface area contributed by atoms with Gasteiger partial charge < -0.3 is 10.1 Å². The monoisotopic (exact) mass is 268 g/mol. The van der Waals surface area contributed by atoms with Crippen LogP contribution in [-0.4, -0.2) is 37.7 Å². The van der Waals surface area contributed by atoms with E-state index in [0.29, 0.717) is 0 Å². The maximum atomic E-state index is 5.37. The first-order chi connectivity index (χ1) is 8.74. The van der Waals surface area contributed by atoms with E-state index in [0.717, 1.165) is 51.9 Å². The largest absolute Gasteiger partial charge is 0.379 e. The first-order valence-corrected chi connectivity index (χ1v) is 7.64. The summed E-state index contributed by atoms with van der Waals surface area (Å²) in [6, 6.07) is 4.53. The molecule has 1 aromatic heterocycles. The topological polar surface area (TPSA) is 24.5 Å². The average Bonchev–Trinajstić information content (AvgIpc) is 2.78. The van der Waals surface area contributed by atoms with Crippen molar-refractivity contribution in [2.45, 2.75) is 26.9 Å². The highest BCUT2D eigenvalue weighted by Gasteiger charge is 2.11. The first kappa shape index (κ1) is 14.0. The van der Waals surface area contributed by atoms with Gasteiger partial charge in [-0.25, -0.2) is 0 Å². The summed E-state index contributed by atoms with van der Waals surface area (Å²) < 4.78 is 5.37. The molecule has 0 aliphatic carbocycles. The van der Waals surface area contributed by atoms with Crippen LogP contribution in [-0.2, 0) is 17.8 Å². The summed E-state index contributed by atoms with van der Waals surface area (Å²) in [5, 5.41) is 3.49. The molecule has 18 heavy (non-hydrogen) atoms. The lowest BCUT2D eigenvalue weighted by Crippen LogP contribution is -2.35. The zero-order chi connectivity index (χ0) is 12.8.